The smallest absolute Gasteiger partial charge is 0.339 e. The predicted molar refractivity (Wildman–Crippen MR) is 141 cm³/mol. The van der Waals surface area contributed by atoms with Gasteiger partial charge in [-0.1, -0.05) is 78.9 Å². The minimum atomic E-state index is -1.81. The van der Waals surface area contributed by atoms with Gasteiger partial charge in [0.1, 0.15) is 13.2 Å². The van der Waals surface area contributed by atoms with E-state index in [0.717, 1.165) is 21.9 Å². The first kappa shape index (κ1) is 28.6. The summed E-state index contributed by atoms with van der Waals surface area (Å²) >= 11 is 0. The molecule has 38 heavy (non-hydrogen) atoms. The zero-order chi connectivity index (χ0) is 27.3. The van der Waals surface area contributed by atoms with Crippen molar-refractivity contribution in [1.82, 2.24) is 0 Å². The van der Waals surface area contributed by atoms with E-state index < -0.39 is 42.8 Å². The molecule has 0 spiro atoms. The standard InChI is InChI=1S/C30H32O8/c1-3-5-15-25(24-17-16-22-13-9-10-14-23(22)18-24)38-28(27(29(32)33)36-20-26(31)35-4-2)30(34)37-19-21-11-7-6-8-12-21/h3,5-14,16-18,25,27-28H,4,15,19-20H2,1-2H3,(H,32,33)/t25?,27-,28-/m1/s1. The summed E-state index contributed by atoms with van der Waals surface area (Å²) in [5.41, 5.74) is 1.47. The quantitative estimate of drug-likeness (QED) is 0.233. The number of aliphatic carboxylic acids is 1. The molecule has 0 amide bonds. The van der Waals surface area contributed by atoms with E-state index in [9.17, 15) is 19.5 Å². The highest BCUT2D eigenvalue weighted by Gasteiger charge is 2.39. The molecule has 0 saturated carbocycles. The number of fused-ring (bicyclic) bond motifs is 1. The first-order chi connectivity index (χ1) is 18.4. The van der Waals surface area contributed by atoms with E-state index in [0.29, 0.717) is 6.42 Å². The molecule has 0 aromatic heterocycles. The third-order valence-corrected chi connectivity index (χ3v) is 5.70. The van der Waals surface area contributed by atoms with Gasteiger partial charge in [-0.2, -0.15) is 0 Å². The van der Waals surface area contributed by atoms with Crippen molar-refractivity contribution in [1.29, 1.82) is 0 Å². The molecule has 8 heteroatoms. The maximum Gasteiger partial charge on any atom is 0.339 e. The van der Waals surface area contributed by atoms with Gasteiger partial charge in [0.2, 0.25) is 0 Å². The van der Waals surface area contributed by atoms with E-state index in [4.69, 9.17) is 18.9 Å². The molecule has 1 N–H and O–H groups in total. The molecule has 1 unspecified atom stereocenters. The maximum absolute atomic E-state index is 13.3. The SMILES string of the molecule is CC=CCC(O[C@@H](C(=O)OCc1ccccc1)[C@@H](OCC(=O)OCC)C(=O)O)c1ccc2ccccc2c1. The van der Waals surface area contributed by atoms with Gasteiger partial charge in [-0.25, -0.2) is 14.4 Å². The lowest BCUT2D eigenvalue weighted by molar-refractivity contribution is -0.189. The molecule has 3 aromatic rings. The van der Waals surface area contributed by atoms with Crippen molar-refractivity contribution in [3.8, 4) is 0 Å². The van der Waals surface area contributed by atoms with Gasteiger partial charge in [0.25, 0.3) is 0 Å². The van der Waals surface area contributed by atoms with Crippen LogP contribution in [0.1, 0.15) is 37.5 Å². The topological polar surface area (TPSA) is 108 Å². The van der Waals surface area contributed by atoms with Gasteiger partial charge < -0.3 is 24.1 Å². The van der Waals surface area contributed by atoms with Gasteiger partial charge in [0.15, 0.2) is 12.2 Å². The normalized spacial score (nSPS) is 13.6. The van der Waals surface area contributed by atoms with E-state index in [1.807, 2.05) is 67.6 Å². The Hall–Kier alpha value is -4.01. The lowest BCUT2D eigenvalue weighted by Gasteiger charge is -2.27. The van der Waals surface area contributed by atoms with Crippen LogP contribution in [0.15, 0.2) is 84.9 Å². The molecule has 0 aliphatic heterocycles. The van der Waals surface area contributed by atoms with Gasteiger partial charge in [0.05, 0.1) is 12.7 Å². The summed E-state index contributed by atoms with van der Waals surface area (Å²) in [7, 11) is 0. The fourth-order valence-corrected chi connectivity index (χ4v) is 3.82. The molecule has 8 nitrogen and oxygen atoms in total. The average Bonchev–Trinajstić information content (AvgIpc) is 2.93. The van der Waals surface area contributed by atoms with Crippen molar-refractivity contribution < 1.29 is 38.4 Å². The van der Waals surface area contributed by atoms with Crippen LogP contribution in [0, 0.1) is 0 Å². The molecule has 0 radical (unpaired) electrons. The van der Waals surface area contributed by atoms with E-state index >= 15 is 0 Å². The molecule has 3 atom stereocenters. The molecule has 3 rings (SSSR count). The summed E-state index contributed by atoms with van der Waals surface area (Å²) in [6.45, 7) is 2.83. The number of carbonyl (C=O) groups excluding carboxylic acids is 2. The first-order valence-corrected chi connectivity index (χ1v) is 12.4. The van der Waals surface area contributed by atoms with Crippen LogP contribution < -0.4 is 0 Å². The highest BCUT2D eigenvalue weighted by Crippen LogP contribution is 2.29. The van der Waals surface area contributed by atoms with Crippen molar-refractivity contribution in [2.75, 3.05) is 13.2 Å². The van der Waals surface area contributed by atoms with Crippen LogP contribution in [0.2, 0.25) is 0 Å². The Bertz CT molecular complexity index is 1240. The fraction of sp³-hybridized carbons (Fsp3) is 0.300. The number of allylic oxidation sites excluding steroid dienone is 1. The van der Waals surface area contributed by atoms with Crippen LogP contribution in [-0.2, 0) is 39.9 Å². The second-order valence-corrected chi connectivity index (χ2v) is 8.42. The largest absolute Gasteiger partial charge is 0.479 e. The second-order valence-electron chi connectivity index (χ2n) is 8.42. The lowest BCUT2D eigenvalue weighted by Crippen LogP contribution is -2.46. The minimum Gasteiger partial charge on any atom is -0.479 e. The number of benzene rings is 3. The summed E-state index contributed by atoms with van der Waals surface area (Å²) in [5.74, 6) is -3.15. The van der Waals surface area contributed by atoms with E-state index in [2.05, 4.69) is 0 Å². The minimum absolute atomic E-state index is 0.0841. The van der Waals surface area contributed by atoms with Crippen LogP contribution in [0.5, 0.6) is 0 Å². The summed E-state index contributed by atoms with van der Waals surface area (Å²) in [5, 5.41) is 11.9. The molecule has 3 aromatic carbocycles. The average molecular weight is 521 g/mol. The van der Waals surface area contributed by atoms with Crippen LogP contribution in [-0.4, -0.2) is 48.4 Å². The Morgan fingerprint density at radius 3 is 2.29 bits per heavy atom. The van der Waals surface area contributed by atoms with Crippen molar-refractivity contribution >= 4 is 28.7 Å². The van der Waals surface area contributed by atoms with Gasteiger partial charge in [0, 0.05) is 0 Å². The lowest BCUT2D eigenvalue weighted by atomic mass is 10.0. The Morgan fingerprint density at radius 2 is 1.61 bits per heavy atom. The number of carboxylic acid groups (broad SMARTS) is 1. The monoisotopic (exact) mass is 520 g/mol. The molecule has 0 aliphatic rings. The number of hydrogen-bond acceptors (Lipinski definition) is 7. The van der Waals surface area contributed by atoms with Crippen molar-refractivity contribution in [3.63, 3.8) is 0 Å². The number of esters is 2. The van der Waals surface area contributed by atoms with Crippen LogP contribution in [0.25, 0.3) is 10.8 Å². The summed E-state index contributed by atoms with van der Waals surface area (Å²) in [6, 6.07) is 22.5. The van der Waals surface area contributed by atoms with Crippen LogP contribution >= 0.6 is 0 Å². The zero-order valence-electron chi connectivity index (χ0n) is 21.4. The molecular weight excluding hydrogens is 488 g/mol. The van der Waals surface area contributed by atoms with Gasteiger partial charge >= 0.3 is 17.9 Å². The molecule has 0 saturated heterocycles. The van der Waals surface area contributed by atoms with Crippen molar-refractivity contribution in [2.24, 2.45) is 0 Å². The number of ether oxygens (including phenoxy) is 4. The van der Waals surface area contributed by atoms with Gasteiger partial charge in [-0.05, 0) is 48.2 Å². The zero-order valence-corrected chi connectivity index (χ0v) is 21.4. The third kappa shape index (κ3) is 8.26. The molecule has 0 heterocycles. The summed E-state index contributed by atoms with van der Waals surface area (Å²) in [4.78, 5) is 37.4. The predicted octanol–water partition coefficient (Wildman–Crippen LogP) is 5.01. The van der Waals surface area contributed by atoms with Crippen molar-refractivity contribution in [2.45, 2.75) is 45.2 Å². The van der Waals surface area contributed by atoms with Gasteiger partial charge in [-0.15, -0.1) is 0 Å². The third-order valence-electron chi connectivity index (χ3n) is 5.70. The molecular formula is C30H32O8. The van der Waals surface area contributed by atoms with Crippen LogP contribution in [0.3, 0.4) is 0 Å². The highest BCUT2D eigenvalue weighted by molar-refractivity contribution is 5.85. The van der Waals surface area contributed by atoms with E-state index in [1.165, 1.54) is 0 Å². The second kappa shape index (κ2) is 14.7. The number of hydrogen-bond donors (Lipinski definition) is 1. The Labute approximate surface area is 221 Å². The molecule has 200 valence electrons. The molecule has 0 bridgehead atoms. The van der Waals surface area contributed by atoms with Gasteiger partial charge in [-0.3, -0.25) is 0 Å². The number of carboxylic acids is 1. The number of rotatable bonds is 14. The Balaban J connectivity index is 1.91. The fourth-order valence-electron chi connectivity index (χ4n) is 3.82. The van der Waals surface area contributed by atoms with Crippen LogP contribution in [0.4, 0.5) is 0 Å². The molecule has 0 fully saturated rings. The van der Waals surface area contributed by atoms with E-state index in [-0.39, 0.29) is 13.2 Å². The van der Waals surface area contributed by atoms with E-state index in [1.54, 1.807) is 31.2 Å². The Morgan fingerprint density at radius 1 is 0.895 bits per heavy atom. The Kier molecular flexibility index (Phi) is 11.0. The summed E-state index contributed by atoms with van der Waals surface area (Å²) in [6.07, 6.45) is -0.101. The highest BCUT2D eigenvalue weighted by atomic mass is 16.6. The first-order valence-electron chi connectivity index (χ1n) is 12.4. The molecule has 0 aliphatic carbocycles. The number of carbonyl (C=O) groups is 3. The summed E-state index contributed by atoms with van der Waals surface area (Å²) < 4.78 is 21.8. The maximum atomic E-state index is 13.3. The van der Waals surface area contributed by atoms with Crippen molar-refractivity contribution in [3.05, 3.63) is 96.1 Å².